The molecular formula is C17H18ClF2N5O. The SMILES string of the molecule is COc1c(F)cc(F)c2nc(Cl)nc(N3CCCN=C(/C=C(/C)N)C3)c12. The summed E-state index contributed by atoms with van der Waals surface area (Å²) >= 11 is 6.00. The molecular weight excluding hydrogens is 364 g/mol. The zero-order valence-corrected chi connectivity index (χ0v) is 15.1. The zero-order chi connectivity index (χ0) is 18.8. The molecule has 0 spiro atoms. The van der Waals surface area contributed by atoms with Crippen molar-refractivity contribution in [3.63, 3.8) is 0 Å². The van der Waals surface area contributed by atoms with E-state index >= 15 is 0 Å². The van der Waals surface area contributed by atoms with Crippen molar-refractivity contribution in [1.29, 1.82) is 0 Å². The van der Waals surface area contributed by atoms with Gasteiger partial charge in [0, 0.05) is 24.9 Å². The fraction of sp³-hybridized carbons (Fsp3) is 0.353. The molecule has 2 aromatic rings. The van der Waals surface area contributed by atoms with Crippen molar-refractivity contribution in [1.82, 2.24) is 9.97 Å². The summed E-state index contributed by atoms with van der Waals surface area (Å²) in [7, 11) is 1.31. The highest BCUT2D eigenvalue weighted by Crippen LogP contribution is 2.37. The first kappa shape index (κ1) is 18.3. The molecule has 0 unspecified atom stereocenters. The highest BCUT2D eigenvalue weighted by molar-refractivity contribution is 6.29. The maximum atomic E-state index is 14.3. The number of anilines is 1. The van der Waals surface area contributed by atoms with Gasteiger partial charge in [0.15, 0.2) is 17.4 Å². The van der Waals surface area contributed by atoms with E-state index < -0.39 is 11.6 Å². The van der Waals surface area contributed by atoms with Crippen LogP contribution in [-0.2, 0) is 0 Å². The van der Waals surface area contributed by atoms with Crippen LogP contribution in [0.4, 0.5) is 14.6 Å². The van der Waals surface area contributed by atoms with Crippen LogP contribution in [0.15, 0.2) is 22.8 Å². The number of methoxy groups -OCH3 is 1. The number of nitrogens with two attached hydrogens (primary N) is 1. The third-order valence-corrected chi connectivity index (χ3v) is 4.11. The van der Waals surface area contributed by atoms with E-state index in [1.807, 2.05) is 4.90 Å². The fourth-order valence-electron chi connectivity index (χ4n) is 2.94. The standard InChI is InChI=1S/C17H18ClF2N5O/c1-9(21)6-10-8-25(5-3-4-22-10)16-13-14(23-17(18)24-16)11(19)7-12(20)15(13)26-2/h6-7H,3-5,8,21H2,1-2H3/b9-6-. The zero-order valence-electron chi connectivity index (χ0n) is 14.4. The summed E-state index contributed by atoms with van der Waals surface area (Å²) in [5.74, 6) is -1.48. The van der Waals surface area contributed by atoms with Crippen LogP contribution in [0.1, 0.15) is 13.3 Å². The molecule has 2 heterocycles. The first-order valence-corrected chi connectivity index (χ1v) is 8.39. The van der Waals surface area contributed by atoms with Crippen LogP contribution in [-0.4, -0.2) is 42.4 Å². The van der Waals surface area contributed by atoms with Crippen LogP contribution in [0.25, 0.3) is 10.9 Å². The van der Waals surface area contributed by atoms with Crippen LogP contribution < -0.4 is 15.4 Å². The van der Waals surface area contributed by atoms with Crippen LogP contribution in [0.2, 0.25) is 5.28 Å². The van der Waals surface area contributed by atoms with Gasteiger partial charge in [0.1, 0.15) is 11.3 Å². The number of hydrogen-bond donors (Lipinski definition) is 1. The number of fused-ring (bicyclic) bond motifs is 1. The second-order valence-electron chi connectivity index (χ2n) is 5.95. The Kier molecular flexibility index (Phi) is 5.22. The molecule has 1 aliphatic rings. The van der Waals surface area contributed by atoms with E-state index in [4.69, 9.17) is 22.1 Å². The lowest BCUT2D eigenvalue weighted by Crippen LogP contribution is -2.30. The van der Waals surface area contributed by atoms with Crippen molar-refractivity contribution in [3.8, 4) is 5.75 Å². The topological polar surface area (TPSA) is 76.6 Å². The van der Waals surface area contributed by atoms with Crippen molar-refractivity contribution in [2.24, 2.45) is 10.7 Å². The minimum atomic E-state index is -0.828. The van der Waals surface area contributed by atoms with Gasteiger partial charge < -0.3 is 15.4 Å². The van der Waals surface area contributed by atoms with Crippen LogP contribution >= 0.6 is 11.6 Å². The third kappa shape index (κ3) is 3.55. The summed E-state index contributed by atoms with van der Waals surface area (Å²) in [6, 6.07) is 0.726. The first-order valence-electron chi connectivity index (χ1n) is 8.02. The second-order valence-corrected chi connectivity index (χ2v) is 6.29. The highest BCUT2D eigenvalue weighted by Gasteiger charge is 2.24. The Bertz CT molecular complexity index is 912. The molecule has 0 atom stereocenters. The Morgan fingerprint density at radius 1 is 1.35 bits per heavy atom. The largest absolute Gasteiger partial charge is 0.493 e. The first-order chi connectivity index (χ1) is 12.4. The van der Waals surface area contributed by atoms with Gasteiger partial charge in [-0.15, -0.1) is 0 Å². The van der Waals surface area contributed by atoms with Gasteiger partial charge in [0.05, 0.1) is 24.8 Å². The van der Waals surface area contributed by atoms with Gasteiger partial charge in [-0.25, -0.2) is 13.8 Å². The average Bonchev–Trinajstić information content (AvgIpc) is 2.80. The van der Waals surface area contributed by atoms with Crippen LogP contribution in [0.5, 0.6) is 5.75 Å². The van der Waals surface area contributed by atoms with Crippen LogP contribution in [0, 0.1) is 11.6 Å². The minimum absolute atomic E-state index is 0.0912. The molecule has 0 radical (unpaired) electrons. The van der Waals surface area contributed by atoms with Gasteiger partial charge in [-0.1, -0.05) is 0 Å². The Balaban J connectivity index is 2.20. The minimum Gasteiger partial charge on any atom is -0.493 e. The van der Waals surface area contributed by atoms with E-state index in [1.54, 1.807) is 13.0 Å². The maximum absolute atomic E-state index is 14.3. The fourth-order valence-corrected chi connectivity index (χ4v) is 3.11. The molecule has 1 aliphatic heterocycles. The summed E-state index contributed by atoms with van der Waals surface area (Å²) in [4.78, 5) is 14.5. The molecule has 0 aliphatic carbocycles. The molecule has 1 aromatic carbocycles. The second kappa shape index (κ2) is 7.41. The van der Waals surface area contributed by atoms with Gasteiger partial charge in [-0.2, -0.15) is 4.98 Å². The van der Waals surface area contributed by atoms with E-state index in [2.05, 4.69) is 15.0 Å². The number of aliphatic imine (C=N–C) groups is 1. The van der Waals surface area contributed by atoms with Gasteiger partial charge in [0.2, 0.25) is 5.28 Å². The molecule has 26 heavy (non-hydrogen) atoms. The number of rotatable bonds is 3. The summed E-state index contributed by atoms with van der Waals surface area (Å²) in [6.45, 7) is 3.33. The number of benzene rings is 1. The smallest absolute Gasteiger partial charge is 0.225 e. The third-order valence-electron chi connectivity index (χ3n) is 3.94. The molecule has 3 rings (SSSR count). The lowest BCUT2D eigenvalue weighted by Gasteiger charge is -2.24. The monoisotopic (exact) mass is 381 g/mol. The number of ether oxygens (including phenoxy) is 1. The summed E-state index contributed by atoms with van der Waals surface area (Å²) in [5, 5.41) is 0.0115. The molecule has 0 saturated heterocycles. The highest BCUT2D eigenvalue weighted by atomic mass is 35.5. The number of nitrogens with zero attached hydrogens (tertiary/aromatic N) is 4. The van der Waals surface area contributed by atoms with E-state index in [0.29, 0.717) is 31.1 Å². The summed E-state index contributed by atoms with van der Waals surface area (Å²) < 4.78 is 33.7. The van der Waals surface area contributed by atoms with E-state index in [9.17, 15) is 8.78 Å². The van der Waals surface area contributed by atoms with Crippen molar-refractivity contribution in [2.75, 3.05) is 31.6 Å². The molecule has 2 N–H and O–H groups in total. The number of halogens is 3. The number of hydrogen-bond acceptors (Lipinski definition) is 6. The summed E-state index contributed by atoms with van der Waals surface area (Å²) in [6.07, 6.45) is 2.51. The Morgan fingerprint density at radius 2 is 2.12 bits per heavy atom. The van der Waals surface area contributed by atoms with Gasteiger partial charge in [-0.05, 0) is 31.0 Å². The van der Waals surface area contributed by atoms with E-state index in [1.165, 1.54) is 7.11 Å². The Hall–Kier alpha value is -2.48. The molecule has 1 aromatic heterocycles. The number of allylic oxidation sites excluding steroid dienone is 1. The Labute approximate surface area is 154 Å². The average molecular weight is 382 g/mol. The van der Waals surface area contributed by atoms with Crippen LogP contribution in [0.3, 0.4) is 0 Å². The lowest BCUT2D eigenvalue weighted by atomic mass is 10.1. The predicted molar refractivity (Wildman–Crippen MR) is 98.1 cm³/mol. The molecule has 0 amide bonds. The van der Waals surface area contributed by atoms with Crippen molar-refractivity contribution in [2.45, 2.75) is 13.3 Å². The van der Waals surface area contributed by atoms with Gasteiger partial charge in [-0.3, -0.25) is 4.99 Å². The molecule has 9 heteroatoms. The van der Waals surface area contributed by atoms with Crippen molar-refractivity contribution >= 4 is 34.0 Å². The molecule has 6 nitrogen and oxygen atoms in total. The van der Waals surface area contributed by atoms with Crippen molar-refractivity contribution in [3.05, 3.63) is 34.8 Å². The Morgan fingerprint density at radius 3 is 2.81 bits per heavy atom. The number of aromatic nitrogens is 2. The maximum Gasteiger partial charge on any atom is 0.225 e. The quantitative estimate of drug-likeness (QED) is 0.827. The van der Waals surface area contributed by atoms with E-state index in [0.717, 1.165) is 18.2 Å². The molecule has 0 fully saturated rings. The predicted octanol–water partition coefficient (Wildman–Crippen LogP) is 3.08. The molecule has 0 saturated carbocycles. The molecule has 138 valence electrons. The summed E-state index contributed by atoms with van der Waals surface area (Å²) in [5.41, 5.74) is 7.03. The van der Waals surface area contributed by atoms with Crippen molar-refractivity contribution < 1.29 is 13.5 Å². The lowest BCUT2D eigenvalue weighted by molar-refractivity contribution is 0.390. The van der Waals surface area contributed by atoms with Gasteiger partial charge >= 0.3 is 0 Å². The van der Waals surface area contributed by atoms with E-state index in [-0.39, 0.29) is 21.9 Å². The molecule has 0 bridgehead atoms. The van der Waals surface area contributed by atoms with Gasteiger partial charge in [0.25, 0.3) is 0 Å². The normalized spacial score (nSPS) is 15.8.